The second kappa shape index (κ2) is 5.60. The summed E-state index contributed by atoms with van der Waals surface area (Å²) in [5.41, 5.74) is 1.37. The zero-order chi connectivity index (χ0) is 14.9. The number of nitriles is 1. The molecule has 1 aliphatic carbocycles. The van der Waals surface area contributed by atoms with Gasteiger partial charge in [-0.05, 0) is 53.4 Å². The SMILES string of the molecule is N#Cc1cccc(S(=O)(=O)N(Cc2ccsc2)C2CC2)c1. The molecule has 1 heterocycles. The molecule has 0 N–H and O–H groups in total. The molecule has 6 heteroatoms. The predicted molar refractivity (Wildman–Crippen MR) is 81.2 cm³/mol. The molecule has 1 aromatic heterocycles. The largest absolute Gasteiger partial charge is 0.243 e. The Kier molecular flexibility index (Phi) is 3.81. The molecule has 0 aliphatic heterocycles. The monoisotopic (exact) mass is 318 g/mol. The van der Waals surface area contributed by atoms with Crippen molar-refractivity contribution in [2.24, 2.45) is 0 Å². The average Bonchev–Trinajstić information content (AvgIpc) is 3.20. The van der Waals surface area contributed by atoms with E-state index in [0.717, 1.165) is 18.4 Å². The van der Waals surface area contributed by atoms with E-state index in [-0.39, 0.29) is 10.9 Å². The second-order valence-corrected chi connectivity index (χ2v) is 7.72. The summed E-state index contributed by atoms with van der Waals surface area (Å²) in [6.07, 6.45) is 1.81. The minimum Gasteiger partial charge on any atom is -0.207 e. The van der Waals surface area contributed by atoms with Gasteiger partial charge in [0.25, 0.3) is 0 Å². The maximum atomic E-state index is 12.8. The van der Waals surface area contributed by atoms with Crippen LogP contribution in [0.3, 0.4) is 0 Å². The molecule has 108 valence electrons. The van der Waals surface area contributed by atoms with E-state index in [1.165, 1.54) is 6.07 Å². The normalized spacial score (nSPS) is 15.0. The summed E-state index contributed by atoms with van der Waals surface area (Å²) in [6.45, 7) is 0.396. The highest BCUT2D eigenvalue weighted by Gasteiger charge is 2.38. The first-order valence-electron chi connectivity index (χ1n) is 6.64. The van der Waals surface area contributed by atoms with Crippen molar-refractivity contribution < 1.29 is 8.42 Å². The molecule has 1 aliphatic rings. The van der Waals surface area contributed by atoms with Crippen LogP contribution in [0.4, 0.5) is 0 Å². The van der Waals surface area contributed by atoms with Gasteiger partial charge in [-0.25, -0.2) is 8.42 Å². The topological polar surface area (TPSA) is 61.2 Å². The molecule has 1 fully saturated rings. The van der Waals surface area contributed by atoms with Crippen LogP contribution in [0.2, 0.25) is 0 Å². The van der Waals surface area contributed by atoms with Crippen molar-refractivity contribution >= 4 is 21.4 Å². The maximum Gasteiger partial charge on any atom is 0.243 e. The van der Waals surface area contributed by atoms with E-state index in [4.69, 9.17) is 5.26 Å². The van der Waals surface area contributed by atoms with Crippen molar-refractivity contribution in [3.05, 3.63) is 52.2 Å². The number of sulfonamides is 1. The quantitative estimate of drug-likeness (QED) is 0.851. The van der Waals surface area contributed by atoms with E-state index in [0.29, 0.717) is 12.1 Å². The zero-order valence-electron chi connectivity index (χ0n) is 11.3. The lowest BCUT2D eigenvalue weighted by Crippen LogP contribution is -2.32. The molecule has 0 radical (unpaired) electrons. The predicted octanol–water partition coefficient (Wildman–Crippen LogP) is 2.97. The van der Waals surface area contributed by atoms with Crippen LogP contribution in [0.15, 0.2) is 46.0 Å². The third-order valence-corrected chi connectivity index (χ3v) is 6.07. The van der Waals surface area contributed by atoms with Gasteiger partial charge in [0.15, 0.2) is 0 Å². The van der Waals surface area contributed by atoms with Crippen molar-refractivity contribution in [2.45, 2.75) is 30.3 Å². The zero-order valence-corrected chi connectivity index (χ0v) is 12.9. The van der Waals surface area contributed by atoms with Crippen molar-refractivity contribution in [2.75, 3.05) is 0 Å². The van der Waals surface area contributed by atoms with Gasteiger partial charge >= 0.3 is 0 Å². The highest BCUT2D eigenvalue weighted by molar-refractivity contribution is 7.89. The van der Waals surface area contributed by atoms with E-state index in [9.17, 15) is 8.42 Å². The fourth-order valence-corrected chi connectivity index (χ4v) is 4.58. The maximum absolute atomic E-state index is 12.8. The van der Waals surface area contributed by atoms with E-state index in [1.807, 2.05) is 22.9 Å². The summed E-state index contributed by atoms with van der Waals surface area (Å²) < 4.78 is 27.2. The van der Waals surface area contributed by atoms with Crippen LogP contribution in [0.1, 0.15) is 24.0 Å². The number of hydrogen-bond donors (Lipinski definition) is 0. The molecule has 4 nitrogen and oxygen atoms in total. The molecular formula is C15H14N2O2S2. The Morgan fingerprint density at radius 1 is 1.33 bits per heavy atom. The number of hydrogen-bond acceptors (Lipinski definition) is 4. The Balaban J connectivity index is 1.95. The molecule has 2 aromatic rings. The van der Waals surface area contributed by atoms with E-state index in [1.54, 1.807) is 33.8 Å². The lowest BCUT2D eigenvalue weighted by atomic mass is 10.2. The molecule has 21 heavy (non-hydrogen) atoms. The standard InChI is InChI=1S/C15H14N2O2S2/c16-9-12-2-1-3-15(8-12)21(18,19)17(14-4-5-14)10-13-6-7-20-11-13/h1-3,6-8,11,14H,4-5,10H2. The lowest BCUT2D eigenvalue weighted by molar-refractivity contribution is 0.399. The summed E-state index contributed by atoms with van der Waals surface area (Å²) >= 11 is 1.56. The van der Waals surface area contributed by atoms with Gasteiger partial charge in [0.05, 0.1) is 16.5 Å². The van der Waals surface area contributed by atoms with Crippen LogP contribution in [-0.4, -0.2) is 18.8 Å². The van der Waals surface area contributed by atoms with Gasteiger partial charge in [-0.15, -0.1) is 0 Å². The Labute approximate surface area is 128 Å². The first-order valence-corrected chi connectivity index (χ1v) is 9.02. The number of benzene rings is 1. The number of rotatable bonds is 5. The molecule has 0 unspecified atom stereocenters. The van der Waals surface area contributed by atoms with Gasteiger partial charge in [-0.1, -0.05) is 6.07 Å². The third kappa shape index (κ3) is 3.00. The van der Waals surface area contributed by atoms with Crippen LogP contribution in [-0.2, 0) is 16.6 Å². The summed E-state index contributed by atoms with van der Waals surface area (Å²) in [5.74, 6) is 0. The second-order valence-electron chi connectivity index (χ2n) is 5.05. The molecule has 0 spiro atoms. The summed E-state index contributed by atoms with van der Waals surface area (Å²) in [5, 5.41) is 12.9. The molecule has 0 saturated heterocycles. The minimum absolute atomic E-state index is 0.0839. The fraction of sp³-hybridized carbons (Fsp3) is 0.267. The fourth-order valence-electron chi connectivity index (χ4n) is 2.20. The number of nitrogens with zero attached hydrogens (tertiary/aromatic N) is 2. The Bertz CT molecular complexity index is 772. The van der Waals surface area contributed by atoms with Crippen LogP contribution < -0.4 is 0 Å². The molecule has 0 amide bonds. The van der Waals surface area contributed by atoms with Gasteiger partial charge in [0, 0.05) is 12.6 Å². The van der Waals surface area contributed by atoms with E-state index < -0.39 is 10.0 Å². The summed E-state index contributed by atoms with van der Waals surface area (Å²) in [7, 11) is -3.56. The first kappa shape index (κ1) is 14.3. The van der Waals surface area contributed by atoms with Crippen LogP contribution in [0.25, 0.3) is 0 Å². The molecule has 0 bridgehead atoms. The third-order valence-electron chi connectivity index (χ3n) is 3.44. The van der Waals surface area contributed by atoms with Crippen molar-refractivity contribution in [1.82, 2.24) is 4.31 Å². The van der Waals surface area contributed by atoms with Gasteiger partial charge in [0.1, 0.15) is 0 Å². The molecule has 1 aromatic carbocycles. The summed E-state index contributed by atoms with van der Waals surface area (Å²) in [4.78, 5) is 0.198. The Morgan fingerprint density at radius 2 is 2.14 bits per heavy atom. The van der Waals surface area contributed by atoms with Gasteiger partial charge in [-0.3, -0.25) is 0 Å². The highest BCUT2D eigenvalue weighted by Crippen LogP contribution is 2.33. The highest BCUT2D eigenvalue weighted by atomic mass is 32.2. The van der Waals surface area contributed by atoms with Gasteiger partial charge in [-0.2, -0.15) is 20.9 Å². The van der Waals surface area contributed by atoms with Crippen molar-refractivity contribution in [3.63, 3.8) is 0 Å². The molecule has 0 atom stereocenters. The molecular weight excluding hydrogens is 304 g/mol. The van der Waals surface area contributed by atoms with Crippen molar-refractivity contribution in [3.8, 4) is 6.07 Å². The van der Waals surface area contributed by atoms with Crippen molar-refractivity contribution in [1.29, 1.82) is 5.26 Å². The van der Waals surface area contributed by atoms with Gasteiger partial charge < -0.3 is 0 Å². The average molecular weight is 318 g/mol. The van der Waals surface area contributed by atoms with Crippen LogP contribution in [0, 0.1) is 11.3 Å². The summed E-state index contributed by atoms with van der Waals surface area (Å²) in [6, 6.07) is 10.2. The van der Waals surface area contributed by atoms with Crippen LogP contribution >= 0.6 is 11.3 Å². The smallest absolute Gasteiger partial charge is 0.207 e. The lowest BCUT2D eigenvalue weighted by Gasteiger charge is -2.21. The van der Waals surface area contributed by atoms with Gasteiger partial charge in [0.2, 0.25) is 10.0 Å². The minimum atomic E-state index is -3.56. The molecule has 1 saturated carbocycles. The first-order chi connectivity index (χ1) is 10.1. The van der Waals surface area contributed by atoms with E-state index >= 15 is 0 Å². The molecule has 3 rings (SSSR count). The number of thiophene rings is 1. The Morgan fingerprint density at radius 3 is 2.76 bits per heavy atom. The van der Waals surface area contributed by atoms with E-state index in [2.05, 4.69) is 0 Å². The Hall–Kier alpha value is -1.68. The van der Waals surface area contributed by atoms with Crippen LogP contribution in [0.5, 0.6) is 0 Å².